The quantitative estimate of drug-likeness (QED) is 0.883. The molecule has 0 aromatic heterocycles. The van der Waals surface area contributed by atoms with Gasteiger partial charge in [-0.15, -0.1) is 0 Å². The number of urea groups is 1. The molecule has 0 bridgehead atoms. The van der Waals surface area contributed by atoms with E-state index in [-0.39, 0.29) is 18.1 Å². The lowest BCUT2D eigenvalue weighted by molar-refractivity contribution is 0.117. The molecule has 1 aliphatic rings. The molecule has 1 aromatic rings. The second-order valence-corrected chi connectivity index (χ2v) is 6.71. The van der Waals surface area contributed by atoms with Gasteiger partial charge in [0.15, 0.2) is 0 Å². The van der Waals surface area contributed by atoms with E-state index < -0.39 is 6.10 Å². The fourth-order valence-corrected chi connectivity index (χ4v) is 2.90. The van der Waals surface area contributed by atoms with Crippen molar-refractivity contribution >= 4 is 17.6 Å². The maximum Gasteiger partial charge on any atom is 0.318 e. The molecule has 6 heteroatoms. The summed E-state index contributed by atoms with van der Waals surface area (Å²) in [5.41, 5.74) is 0.945. The Morgan fingerprint density at radius 1 is 1.48 bits per heavy atom. The van der Waals surface area contributed by atoms with Gasteiger partial charge in [-0.3, -0.25) is 0 Å². The lowest BCUT2D eigenvalue weighted by atomic mass is 10.0. The summed E-state index contributed by atoms with van der Waals surface area (Å²) in [6, 6.07) is 5.22. The summed E-state index contributed by atoms with van der Waals surface area (Å²) in [5, 5.41) is 13.3. The summed E-state index contributed by atoms with van der Waals surface area (Å²) in [5.74, 6) is 0.729. The molecule has 0 saturated carbocycles. The highest BCUT2D eigenvalue weighted by Gasteiger charge is 2.25. The third-order valence-electron chi connectivity index (χ3n) is 3.89. The standard InChI is InChI=1S/C17H25ClN2O3/c1-11(2)20(10-12(3)21)17(22)19-15-5-4-8-23-16-9-13(18)6-7-14(15)16/h6-7,9,11-12,15,21H,4-5,8,10H2,1-3H3,(H,19,22). The number of aliphatic hydroxyl groups is 1. The number of carbonyl (C=O) groups is 1. The zero-order valence-corrected chi connectivity index (χ0v) is 14.6. The highest BCUT2D eigenvalue weighted by Crippen LogP contribution is 2.33. The van der Waals surface area contributed by atoms with Crippen LogP contribution in [0, 0.1) is 0 Å². The molecule has 128 valence electrons. The number of amides is 2. The van der Waals surface area contributed by atoms with Gasteiger partial charge in [-0.2, -0.15) is 0 Å². The molecule has 5 nitrogen and oxygen atoms in total. The first kappa shape index (κ1) is 17.9. The second-order valence-electron chi connectivity index (χ2n) is 6.27. The molecule has 1 aliphatic heterocycles. The van der Waals surface area contributed by atoms with Crippen LogP contribution in [0.3, 0.4) is 0 Å². The van der Waals surface area contributed by atoms with Crippen LogP contribution in [0.5, 0.6) is 5.75 Å². The topological polar surface area (TPSA) is 61.8 Å². The molecule has 2 atom stereocenters. The summed E-state index contributed by atoms with van der Waals surface area (Å²) in [6.07, 6.45) is 1.10. The minimum absolute atomic E-state index is 0.0105. The predicted molar refractivity (Wildman–Crippen MR) is 91.0 cm³/mol. The van der Waals surface area contributed by atoms with Gasteiger partial charge in [0.25, 0.3) is 0 Å². The molecule has 2 N–H and O–H groups in total. The number of hydrogen-bond acceptors (Lipinski definition) is 3. The van der Waals surface area contributed by atoms with Crippen molar-refractivity contribution in [2.75, 3.05) is 13.2 Å². The van der Waals surface area contributed by atoms with Gasteiger partial charge in [-0.05, 0) is 45.7 Å². The van der Waals surface area contributed by atoms with Crippen LogP contribution < -0.4 is 10.1 Å². The number of halogens is 1. The van der Waals surface area contributed by atoms with Crippen molar-refractivity contribution in [1.82, 2.24) is 10.2 Å². The van der Waals surface area contributed by atoms with E-state index in [9.17, 15) is 9.90 Å². The Bertz CT molecular complexity index is 549. The Labute approximate surface area is 142 Å². The number of ether oxygens (including phenoxy) is 1. The van der Waals surface area contributed by atoms with Crippen molar-refractivity contribution in [3.8, 4) is 5.75 Å². The van der Waals surface area contributed by atoms with Crippen LogP contribution in [0.25, 0.3) is 0 Å². The van der Waals surface area contributed by atoms with Crippen LogP contribution in [0.4, 0.5) is 4.79 Å². The number of carbonyl (C=O) groups excluding carboxylic acids is 1. The van der Waals surface area contributed by atoms with Gasteiger partial charge in [-0.25, -0.2) is 4.79 Å². The highest BCUT2D eigenvalue weighted by molar-refractivity contribution is 6.30. The molecule has 1 heterocycles. The van der Waals surface area contributed by atoms with Gasteiger partial charge in [0.2, 0.25) is 0 Å². The van der Waals surface area contributed by atoms with Crippen LogP contribution in [-0.4, -0.2) is 41.3 Å². The Morgan fingerprint density at radius 2 is 2.22 bits per heavy atom. The zero-order valence-electron chi connectivity index (χ0n) is 13.9. The SMILES string of the molecule is CC(O)CN(C(=O)NC1CCCOc2cc(Cl)ccc21)C(C)C. The van der Waals surface area contributed by atoms with E-state index in [2.05, 4.69) is 5.32 Å². The molecule has 2 unspecified atom stereocenters. The van der Waals surface area contributed by atoms with Crippen LogP contribution in [0.2, 0.25) is 5.02 Å². The molecular formula is C17H25ClN2O3. The van der Waals surface area contributed by atoms with Gasteiger partial charge in [0.05, 0.1) is 18.8 Å². The van der Waals surface area contributed by atoms with E-state index in [0.717, 1.165) is 24.2 Å². The molecular weight excluding hydrogens is 316 g/mol. The largest absolute Gasteiger partial charge is 0.493 e. The Hall–Kier alpha value is -1.46. The minimum atomic E-state index is -0.563. The Balaban J connectivity index is 2.17. The summed E-state index contributed by atoms with van der Waals surface area (Å²) >= 11 is 6.03. The van der Waals surface area contributed by atoms with Crippen molar-refractivity contribution in [3.63, 3.8) is 0 Å². The molecule has 0 aliphatic carbocycles. The van der Waals surface area contributed by atoms with Crippen molar-refractivity contribution in [3.05, 3.63) is 28.8 Å². The minimum Gasteiger partial charge on any atom is -0.493 e. The maximum absolute atomic E-state index is 12.6. The van der Waals surface area contributed by atoms with E-state index in [1.807, 2.05) is 26.0 Å². The molecule has 0 radical (unpaired) electrons. The average molecular weight is 341 g/mol. The summed E-state index contributed by atoms with van der Waals surface area (Å²) in [6.45, 7) is 6.47. The number of rotatable bonds is 4. The zero-order chi connectivity index (χ0) is 17.0. The molecule has 0 spiro atoms. The number of nitrogens with zero attached hydrogens (tertiary/aromatic N) is 1. The summed E-state index contributed by atoms with van der Waals surface area (Å²) in [7, 11) is 0. The lowest BCUT2D eigenvalue weighted by Crippen LogP contribution is -2.47. The van der Waals surface area contributed by atoms with Crippen LogP contribution in [-0.2, 0) is 0 Å². The van der Waals surface area contributed by atoms with Gasteiger partial charge in [0.1, 0.15) is 5.75 Å². The van der Waals surface area contributed by atoms with Crippen LogP contribution >= 0.6 is 11.6 Å². The van der Waals surface area contributed by atoms with Crippen LogP contribution in [0.1, 0.15) is 45.2 Å². The van der Waals surface area contributed by atoms with Crippen LogP contribution in [0.15, 0.2) is 18.2 Å². The van der Waals surface area contributed by atoms with E-state index in [1.54, 1.807) is 17.9 Å². The third kappa shape index (κ3) is 4.75. The highest BCUT2D eigenvalue weighted by atomic mass is 35.5. The molecule has 0 fully saturated rings. The molecule has 1 aromatic carbocycles. The Morgan fingerprint density at radius 3 is 2.87 bits per heavy atom. The number of nitrogens with one attached hydrogen (secondary N) is 1. The molecule has 0 saturated heterocycles. The van der Waals surface area contributed by atoms with Crippen molar-refractivity contribution in [2.24, 2.45) is 0 Å². The summed E-state index contributed by atoms with van der Waals surface area (Å²) < 4.78 is 5.72. The van der Waals surface area contributed by atoms with E-state index >= 15 is 0 Å². The first-order valence-corrected chi connectivity index (χ1v) is 8.43. The number of fused-ring (bicyclic) bond motifs is 1. The second kappa shape index (κ2) is 7.88. The van der Waals surface area contributed by atoms with Crippen molar-refractivity contribution in [1.29, 1.82) is 0 Å². The summed E-state index contributed by atoms with van der Waals surface area (Å²) in [4.78, 5) is 14.3. The van der Waals surface area contributed by atoms with Crippen molar-refractivity contribution < 1.29 is 14.6 Å². The normalized spacial score (nSPS) is 18.6. The lowest BCUT2D eigenvalue weighted by Gasteiger charge is -2.30. The van der Waals surface area contributed by atoms with Gasteiger partial charge in [-0.1, -0.05) is 17.7 Å². The molecule has 2 amide bonds. The molecule has 23 heavy (non-hydrogen) atoms. The predicted octanol–water partition coefficient (Wildman–Crippen LogP) is 3.35. The maximum atomic E-state index is 12.6. The monoisotopic (exact) mass is 340 g/mol. The molecule has 2 rings (SSSR count). The first-order valence-electron chi connectivity index (χ1n) is 8.06. The average Bonchev–Trinajstić information content (AvgIpc) is 2.66. The van der Waals surface area contributed by atoms with Gasteiger partial charge in [0, 0.05) is 23.2 Å². The number of benzene rings is 1. The smallest absolute Gasteiger partial charge is 0.318 e. The van der Waals surface area contributed by atoms with Gasteiger partial charge < -0.3 is 20.1 Å². The number of aliphatic hydroxyl groups excluding tert-OH is 1. The van der Waals surface area contributed by atoms with E-state index in [0.29, 0.717) is 18.2 Å². The Kier molecular flexibility index (Phi) is 6.13. The van der Waals surface area contributed by atoms with E-state index in [4.69, 9.17) is 16.3 Å². The first-order chi connectivity index (χ1) is 10.9. The fourth-order valence-electron chi connectivity index (χ4n) is 2.74. The van der Waals surface area contributed by atoms with E-state index in [1.165, 1.54) is 0 Å². The third-order valence-corrected chi connectivity index (χ3v) is 4.12. The van der Waals surface area contributed by atoms with Gasteiger partial charge >= 0.3 is 6.03 Å². The fraction of sp³-hybridized carbons (Fsp3) is 0.588. The van der Waals surface area contributed by atoms with Crippen molar-refractivity contribution in [2.45, 2.75) is 51.8 Å². The number of hydrogen-bond donors (Lipinski definition) is 2.